The lowest BCUT2D eigenvalue weighted by Crippen LogP contribution is -2.69. The Labute approximate surface area is 146 Å². The van der Waals surface area contributed by atoms with Gasteiger partial charge in [0, 0.05) is 33.7 Å². The molecule has 0 aliphatic heterocycles. The average Bonchev–Trinajstić information content (AvgIpc) is 3.11. The highest BCUT2D eigenvalue weighted by Gasteiger charge is 2.66. The Bertz CT molecular complexity index is 463. The monoisotopic (exact) mass is 338 g/mol. The summed E-state index contributed by atoms with van der Waals surface area (Å²) in [6, 6.07) is 0. The minimum absolute atomic E-state index is 0.136. The summed E-state index contributed by atoms with van der Waals surface area (Å²) in [4.78, 5) is 0. The smallest absolute Gasteiger partial charge is 0.224 e. The Morgan fingerprint density at radius 3 is 2.12 bits per heavy atom. The van der Waals surface area contributed by atoms with Gasteiger partial charge < -0.3 is 19.3 Å². The van der Waals surface area contributed by atoms with Crippen molar-refractivity contribution in [2.45, 2.75) is 69.4 Å². The molecule has 4 saturated carbocycles. The third kappa shape index (κ3) is 2.19. The molecular weight excluding hydrogens is 304 g/mol. The van der Waals surface area contributed by atoms with Gasteiger partial charge in [-0.2, -0.15) is 0 Å². The van der Waals surface area contributed by atoms with Crippen LogP contribution in [0.1, 0.15) is 57.8 Å². The van der Waals surface area contributed by atoms with E-state index in [0.717, 1.165) is 24.2 Å². The first kappa shape index (κ1) is 17.3. The van der Waals surface area contributed by atoms with Crippen LogP contribution in [-0.2, 0) is 14.2 Å². The molecule has 138 valence electrons. The zero-order valence-electron chi connectivity index (χ0n) is 15.5. The molecular formula is C20H34O4. The van der Waals surface area contributed by atoms with Crippen LogP contribution in [0.15, 0.2) is 0 Å². The fourth-order valence-corrected chi connectivity index (χ4v) is 7.35. The second kappa shape index (κ2) is 6.22. The van der Waals surface area contributed by atoms with Crippen LogP contribution in [0.25, 0.3) is 0 Å². The molecule has 2 unspecified atom stereocenters. The van der Waals surface area contributed by atoms with Crippen molar-refractivity contribution in [1.29, 1.82) is 0 Å². The average molecular weight is 338 g/mol. The van der Waals surface area contributed by atoms with Gasteiger partial charge in [-0.05, 0) is 68.1 Å². The van der Waals surface area contributed by atoms with Gasteiger partial charge >= 0.3 is 0 Å². The summed E-state index contributed by atoms with van der Waals surface area (Å²) < 4.78 is 17.3. The first-order valence-corrected chi connectivity index (χ1v) is 9.98. The summed E-state index contributed by atoms with van der Waals surface area (Å²) in [5, 5.41) is 11.7. The number of aliphatic hydroxyl groups is 1. The summed E-state index contributed by atoms with van der Waals surface area (Å²) in [6.07, 6.45) is 11.1. The number of fused-ring (bicyclic) bond motifs is 5. The van der Waals surface area contributed by atoms with Crippen LogP contribution >= 0.6 is 0 Å². The molecule has 0 aromatic heterocycles. The van der Waals surface area contributed by atoms with Gasteiger partial charge in [-0.1, -0.05) is 12.8 Å². The highest BCUT2D eigenvalue weighted by molar-refractivity contribution is 5.08. The van der Waals surface area contributed by atoms with Crippen molar-refractivity contribution in [1.82, 2.24) is 0 Å². The number of hydrogen-bond acceptors (Lipinski definition) is 4. The molecule has 0 bridgehead atoms. The Morgan fingerprint density at radius 2 is 1.42 bits per heavy atom. The second-order valence-electron chi connectivity index (χ2n) is 8.72. The fraction of sp³-hybridized carbons (Fsp3) is 1.00. The zero-order valence-corrected chi connectivity index (χ0v) is 15.5. The number of rotatable bonds is 3. The van der Waals surface area contributed by atoms with Gasteiger partial charge in [0.15, 0.2) is 0 Å². The molecule has 7 atom stereocenters. The topological polar surface area (TPSA) is 47.9 Å². The van der Waals surface area contributed by atoms with Gasteiger partial charge in [0.1, 0.15) is 0 Å². The predicted molar refractivity (Wildman–Crippen MR) is 91.2 cm³/mol. The molecule has 4 heteroatoms. The third-order valence-corrected chi connectivity index (χ3v) is 8.34. The molecule has 0 aromatic rings. The molecule has 24 heavy (non-hydrogen) atoms. The number of methoxy groups -OCH3 is 3. The first-order valence-electron chi connectivity index (χ1n) is 9.98. The van der Waals surface area contributed by atoms with Crippen LogP contribution in [0.2, 0.25) is 0 Å². The van der Waals surface area contributed by atoms with Crippen molar-refractivity contribution < 1.29 is 19.3 Å². The number of ether oxygens (including phenoxy) is 3. The maximum atomic E-state index is 11.7. The van der Waals surface area contributed by atoms with Crippen LogP contribution in [-0.4, -0.2) is 38.0 Å². The Balaban J connectivity index is 1.69. The van der Waals surface area contributed by atoms with Gasteiger partial charge in [0.25, 0.3) is 0 Å². The van der Waals surface area contributed by atoms with Gasteiger partial charge in [-0.15, -0.1) is 0 Å². The molecule has 0 spiro atoms. The lowest BCUT2D eigenvalue weighted by Gasteiger charge is -2.60. The standard InChI is InChI=1S/C20H34O4/c1-22-19(23-2)12-11-14-8-9-16-15-6-4-5-13(15)7-10-17(16)18(14)20(19,21)24-3/h13-18,21H,4-12H2,1-3H3/t13-,14?,15+,16-,17+,18-,20?/m0/s1. The Kier molecular flexibility index (Phi) is 4.48. The molecule has 0 heterocycles. The van der Waals surface area contributed by atoms with E-state index < -0.39 is 11.6 Å². The molecule has 4 fully saturated rings. The van der Waals surface area contributed by atoms with E-state index >= 15 is 0 Å². The van der Waals surface area contributed by atoms with E-state index in [0.29, 0.717) is 18.3 Å². The van der Waals surface area contributed by atoms with Crippen LogP contribution in [0.3, 0.4) is 0 Å². The quantitative estimate of drug-likeness (QED) is 0.799. The summed E-state index contributed by atoms with van der Waals surface area (Å²) in [7, 11) is 4.91. The van der Waals surface area contributed by atoms with Crippen molar-refractivity contribution in [3.8, 4) is 0 Å². The van der Waals surface area contributed by atoms with Gasteiger partial charge in [-0.25, -0.2) is 0 Å². The largest absolute Gasteiger partial charge is 0.361 e. The highest BCUT2D eigenvalue weighted by atomic mass is 16.8. The van der Waals surface area contributed by atoms with Crippen molar-refractivity contribution in [2.75, 3.05) is 21.3 Å². The van der Waals surface area contributed by atoms with Crippen molar-refractivity contribution in [2.24, 2.45) is 35.5 Å². The predicted octanol–water partition coefficient (Wildman–Crippen LogP) is 3.57. The van der Waals surface area contributed by atoms with Crippen molar-refractivity contribution in [3.05, 3.63) is 0 Å². The van der Waals surface area contributed by atoms with E-state index in [1.807, 2.05) is 0 Å². The zero-order chi connectivity index (χ0) is 16.9. The summed E-state index contributed by atoms with van der Waals surface area (Å²) >= 11 is 0. The SMILES string of the molecule is COC1(OC)CCC2CC[C@H]3[C@@H]4CCC[C@H]4CC[C@H]3[C@H]2C1(O)OC. The molecule has 4 rings (SSSR count). The first-order chi connectivity index (χ1) is 11.6. The molecule has 0 radical (unpaired) electrons. The summed E-state index contributed by atoms with van der Waals surface area (Å²) in [5.41, 5.74) is 0. The molecule has 0 amide bonds. The minimum atomic E-state index is -1.34. The van der Waals surface area contributed by atoms with E-state index in [1.54, 1.807) is 21.3 Å². The van der Waals surface area contributed by atoms with Crippen LogP contribution in [0, 0.1) is 35.5 Å². The minimum Gasteiger partial charge on any atom is -0.361 e. The molecule has 0 saturated heterocycles. The lowest BCUT2D eigenvalue weighted by molar-refractivity contribution is -0.427. The summed E-state index contributed by atoms with van der Waals surface area (Å²) in [5.74, 6) is 1.44. The lowest BCUT2D eigenvalue weighted by atomic mass is 9.51. The van der Waals surface area contributed by atoms with E-state index in [9.17, 15) is 5.11 Å². The van der Waals surface area contributed by atoms with Crippen LogP contribution < -0.4 is 0 Å². The molecule has 4 aliphatic carbocycles. The van der Waals surface area contributed by atoms with E-state index in [4.69, 9.17) is 14.2 Å². The summed E-state index contributed by atoms with van der Waals surface area (Å²) in [6.45, 7) is 0. The third-order valence-electron chi connectivity index (χ3n) is 8.34. The van der Waals surface area contributed by atoms with Crippen LogP contribution in [0.5, 0.6) is 0 Å². The molecule has 4 aliphatic rings. The highest BCUT2D eigenvalue weighted by Crippen LogP contribution is 2.62. The maximum Gasteiger partial charge on any atom is 0.224 e. The number of hydrogen-bond donors (Lipinski definition) is 1. The van der Waals surface area contributed by atoms with E-state index in [2.05, 4.69) is 0 Å². The van der Waals surface area contributed by atoms with Crippen LogP contribution in [0.4, 0.5) is 0 Å². The van der Waals surface area contributed by atoms with E-state index in [1.165, 1.54) is 44.9 Å². The van der Waals surface area contributed by atoms with E-state index in [-0.39, 0.29) is 5.92 Å². The van der Waals surface area contributed by atoms with Gasteiger partial charge in [0.2, 0.25) is 11.6 Å². The molecule has 0 aromatic carbocycles. The molecule has 4 nitrogen and oxygen atoms in total. The van der Waals surface area contributed by atoms with Crippen molar-refractivity contribution in [3.63, 3.8) is 0 Å². The Morgan fingerprint density at radius 1 is 0.708 bits per heavy atom. The normalized spacial score (nSPS) is 50.0. The molecule has 1 N–H and O–H groups in total. The maximum absolute atomic E-state index is 11.7. The Hall–Kier alpha value is -0.160. The van der Waals surface area contributed by atoms with Gasteiger partial charge in [-0.3, -0.25) is 0 Å². The van der Waals surface area contributed by atoms with Gasteiger partial charge in [0.05, 0.1) is 0 Å². The second-order valence-corrected chi connectivity index (χ2v) is 8.72. The van der Waals surface area contributed by atoms with Crippen molar-refractivity contribution >= 4 is 0 Å². The fourth-order valence-electron chi connectivity index (χ4n) is 7.35.